The molecule has 0 radical (unpaired) electrons. The van der Waals surface area contributed by atoms with Crippen molar-refractivity contribution in [3.63, 3.8) is 0 Å². The molecule has 5 atom stereocenters. The van der Waals surface area contributed by atoms with Crippen molar-refractivity contribution in [1.29, 1.82) is 0 Å². The Labute approximate surface area is 151 Å². The predicted molar refractivity (Wildman–Crippen MR) is 97.8 cm³/mol. The molecule has 1 amide bonds. The first-order valence-corrected chi connectivity index (χ1v) is 10.2. The first-order valence-electron chi connectivity index (χ1n) is 10.2. The number of amides is 1. The van der Waals surface area contributed by atoms with Crippen molar-refractivity contribution in [3.05, 3.63) is 0 Å². The van der Waals surface area contributed by atoms with Crippen LogP contribution in [0.2, 0.25) is 0 Å². The number of likely N-dealkylation sites (tertiary alicyclic amines) is 1. The number of carbonyl (C=O) groups excluding carboxylic acids is 1. The lowest BCUT2D eigenvalue weighted by Gasteiger charge is -2.43. The minimum atomic E-state index is -0.0787. The van der Waals surface area contributed by atoms with Gasteiger partial charge in [-0.25, -0.2) is 0 Å². The minimum absolute atomic E-state index is 0.0241. The lowest BCUT2D eigenvalue weighted by Crippen LogP contribution is -2.71. The number of piperidine rings is 1. The van der Waals surface area contributed by atoms with E-state index in [0.717, 1.165) is 38.1 Å². The van der Waals surface area contributed by atoms with Crippen LogP contribution in [0.15, 0.2) is 0 Å². The molecule has 3 aliphatic heterocycles. The second kappa shape index (κ2) is 7.88. The fraction of sp³-hybridized carbons (Fsp3) is 0.944. The Hall–Kier alpha value is -0.730. The fourth-order valence-electron chi connectivity index (χ4n) is 4.71. The van der Waals surface area contributed by atoms with Gasteiger partial charge in [-0.15, -0.1) is 0 Å². The molecule has 0 aromatic rings. The van der Waals surface area contributed by atoms with E-state index in [-0.39, 0.29) is 24.3 Å². The monoisotopic (exact) mass is 350 g/mol. The van der Waals surface area contributed by atoms with Gasteiger partial charge in [0.1, 0.15) is 6.29 Å². The van der Waals surface area contributed by atoms with Gasteiger partial charge in [0.2, 0.25) is 5.91 Å². The molecule has 0 bridgehead atoms. The number of rotatable bonds is 5. The Kier molecular flexibility index (Phi) is 5.57. The summed E-state index contributed by atoms with van der Waals surface area (Å²) in [6, 6.07) is 1.17. The lowest BCUT2D eigenvalue weighted by molar-refractivity contribution is -0.127. The molecule has 25 heavy (non-hydrogen) atoms. The van der Waals surface area contributed by atoms with Gasteiger partial charge in [-0.3, -0.25) is 25.6 Å². The largest absolute Gasteiger partial charge is 0.359 e. The summed E-state index contributed by atoms with van der Waals surface area (Å²) in [5.41, 5.74) is 0. The highest BCUT2D eigenvalue weighted by Crippen LogP contribution is 2.35. The van der Waals surface area contributed by atoms with Crippen LogP contribution in [0.4, 0.5) is 0 Å². The van der Waals surface area contributed by atoms with Crippen LogP contribution in [0, 0.1) is 11.8 Å². The molecule has 0 aromatic heterocycles. The lowest BCUT2D eigenvalue weighted by atomic mass is 9.95. The Morgan fingerprint density at radius 1 is 1.04 bits per heavy atom. The Morgan fingerprint density at radius 3 is 2.48 bits per heavy atom. The summed E-state index contributed by atoms with van der Waals surface area (Å²) in [5, 5.41) is 17.5. The van der Waals surface area contributed by atoms with Crippen molar-refractivity contribution in [1.82, 2.24) is 31.5 Å². The van der Waals surface area contributed by atoms with Crippen molar-refractivity contribution in [2.75, 3.05) is 33.2 Å². The van der Waals surface area contributed by atoms with Crippen LogP contribution >= 0.6 is 0 Å². The second-order valence-corrected chi connectivity index (χ2v) is 8.21. The quantitative estimate of drug-likeness (QED) is 0.454. The van der Waals surface area contributed by atoms with Gasteiger partial charge in [0.15, 0.2) is 0 Å². The van der Waals surface area contributed by atoms with E-state index in [9.17, 15) is 4.79 Å². The molecular weight excluding hydrogens is 316 g/mol. The summed E-state index contributed by atoms with van der Waals surface area (Å²) in [5.74, 6) is 0.957. The van der Waals surface area contributed by atoms with E-state index in [1.807, 2.05) is 0 Å². The van der Waals surface area contributed by atoms with Crippen molar-refractivity contribution in [2.24, 2.45) is 11.8 Å². The van der Waals surface area contributed by atoms with Crippen LogP contribution in [-0.4, -0.2) is 68.6 Å². The topological polar surface area (TPSA) is 80.5 Å². The number of carbonyl (C=O) groups is 1. The van der Waals surface area contributed by atoms with E-state index in [1.165, 1.54) is 38.5 Å². The van der Waals surface area contributed by atoms with Crippen LogP contribution in [0.25, 0.3) is 0 Å². The molecule has 7 heteroatoms. The van der Waals surface area contributed by atoms with Gasteiger partial charge >= 0.3 is 0 Å². The number of hydrogen-bond donors (Lipinski definition) is 5. The normalized spacial score (nSPS) is 40.1. The maximum Gasteiger partial charge on any atom is 0.227 e. The van der Waals surface area contributed by atoms with E-state index in [0.29, 0.717) is 6.04 Å². The molecule has 3 heterocycles. The first-order chi connectivity index (χ1) is 12.2. The molecule has 4 fully saturated rings. The molecule has 4 rings (SSSR count). The molecular formula is C18H34N6O. The molecule has 1 saturated carbocycles. The summed E-state index contributed by atoms with van der Waals surface area (Å²) in [6.45, 7) is 4.00. The zero-order valence-corrected chi connectivity index (χ0v) is 15.4. The van der Waals surface area contributed by atoms with Gasteiger partial charge in [0.25, 0.3) is 0 Å². The van der Waals surface area contributed by atoms with Gasteiger partial charge in [-0.1, -0.05) is 0 Å². The van der Waals surface area contributed by atoms with Crippen LogP contribution in [0.1, 0.15) is 38.5 Å². The van der Waals surface area contributed by atoms with Crippen molar-refractivity contribution < 1.29 is 4.79 Å². The summed E-state index contributed by atoms with van der Waals surface area (Å²) < 4.78 is 0. The molecule has 142 valence electrons. The smallest absolute Gasteiger partial charge is 0.227 e. The summed E-state index contributed by atoms with van der Waals surface area (Å²) >= 11 is 0. The highest BCUT2D eigenvalue weighted by molar-refractivity contribution is 5.79. The van der Waals surface area contributed by atoms with E-state index >= 15 is 0 Å². The minimum Gasteiger partial charge on any atom is -0.359 e. The number of nitrogens with zero attached hydrogens (tertiary/aromatic N) is 1. The highest BCUT2D eigenvalue weighted by Gasteiger charge is 2.39. The van der Waals surface area contributed by atoms with Crippen molar-refractivity contribution >= 4 is 5.91 Å². The van der Waals surface area contributed by atoms with E-state index in [2.05, 4.69) is 31.5 Å². The van der Waals surface area contributed by atoms with Gasteiger partial charge in [-0.2, -0.15) is 0 Å². The zero-order valence-electron chi connectivity index (χ0n) is 15.4. The van der Waals surface area contributed by atoms with E-state index in [4.69, 9.17) is 0 Å². The van der Waals surface area contributed by atoms with Crippen molar-refractivity contribution in [3.8, 4) is 0 Å². The Morgan fingerprint density at radius 2 is 1.84 bits per heavy atom. The number of hydrogen-bond acceptors (Lipinski definition) is 6. The van der Waals surface area contributed by atoms with Crippen LogP contribution in [-0.2, 0) is 4.79 Å². The Balaban J connectivity index is 1.35. The van der Waals surface area contributed by atoms with Gasteiger partial charge in [0, 0.05) is 45.3 Å². The molecule has 4 aliphatic rings. The fourth-order valence-corrected chi connectivity index (χ4v) is 4.71. The standard InChI is InChI=1S/C18H34N6O/c1-19-17(25)14-11-21-18(24-8-2-3-9-24)23-16(14)22-13-6-7-15(20-10-13)12-4-5-12/h12-16,18,20-23H,2-11H2,1H3,(H,19,25). The SMILES string of the molecule is CNC(=O)C1CNC(N2CCCC2)NC1NC1CCC(C2CC2)NC1. The van der Waals surface area contributed by atoms with Crippen molar-refractivity contribution in [2.45, 2.75) is 63.1 Å². The number of nitrogens with one attached hydrogen (secondary N) is 5. The van der Waals surface area contributed by atoms with Gasteiger partial charge in [0.05, 0.1) is 12.1 Å². The third-order valence-electron chi connectivity index (χ3n) is 6.42. The van der Waals surface area contributed by atoms with Crippen LogP contribution in [0.5, 0.6) is 0 Å². The zero-order chi connectivity index (χ0) is 17.2. The molecule has 0 spiro atoms. The second-order valence-electron chi connectivity index (χ2n) is 8.21. The molecule has 1 aliphatic carbocycles. The Bertz CT molecular complexity index is 456. The summed E-state index contributed by atoms with van der Waals surface area (Å²) in [4.78, 5) is 14.8. The third kappa shape index (κ3) is 4.17. The maximum absolute atomic E-state index is 12.3. The molecule has 0 aromatic carbocycles. The van der Waals surface area contributed by atoms with Gasteiger partial charge < -0.3 is 10.6 Å². The molecule has 7 nitrogen and oxygen atoms in total. The van der Waals surface area contributed by atoms with E-state index < -0.39 is 0 Å². The van der Waals surface area contributed by atoms with E-state index in [1.54, 1.807) is 7.05 Å². The summed E-state index contributed by atoms with van der Waals surface area (Å²) in [7, 11) is 1.73. The average molecular weight is 351 g/mol. The summed E-state index contributed by atoms with van der Waals surface area (Å²) in [6.07, 6.45) is 8.01. The predicted octanol–water partition coefficient (Wildman–Crippen LogP) is -0.633. The molecule has 3 saturated heterocycles. The van der Waals surface area contributed by atoms with Gasteiger partial charge in [-0.05, 0) is 44.4 Å². The average Bonchev–Trinajstić information content (AvgIpc) is 3.35. The van der Waals surface area contributed by atoms with Crippen LogP contribution in [0.3, 0.4) is 0 Å². The highest BCUT2D eigenvalue weighted by atomic mass is 16.1. The molecule has 5 N–H and O–H groups in total. The van der Waals surface area contributed by atoms with Crippen LogP contribution < -0.4 is 26.6 Å². The maximum atomic E-state index is 12.3. The first kappa shape index (κ1) is 17.7. The third-order valence-corrected chi connectivity index (χ3v) is 6.42. The molecule has 5 unspecified atom stereocenters.